The minimum Gasteiger partial charge on any atom is -0.493 e. The Hall–Kier alpha value is -3.35. The van der Waals surface area contributed by atoms with Gasteiger partial charge in [-0.25, -0.2) is 13.2 Å². The van der Waals surface area contributed by atoms with Crippen LogP contribution in [0.1, 0.15) is 46.1 Å². The van der Waals surface area contributed by atoms with Crippen molar-refractivity contribution in [1.29, 1.82) is 0 Å². The Balaban J connectivity index is 0.00000520. The maximum absolute atomic E-state index is 14.8. The number of aliphatic imine (C=N–C) groups is 1. The molecule has 2 aliphatic rings. The minimum absolute atomic E-state index is 0. The van der Waals surface area contributed by atoms with Gasteiger partial charge in [0.05, 0.1) is 24.0 Å². The van der Waals surface area contributed by atoms with E-state index in [1.54, 1.807) is 66.4 Å². The van der Waals surface area contributed by atoms with Crippen molar-refractivity contribution in [2.45, 2.75) is 19.0 Å². The van der Waals surface area contributed by atoms with Crippen LogP contribution >= 0.6 is 35.6 Å². The first-order valence-corrected chi connectivity index (χ1v) is 18.2. The SMILES string of the molecule is CCOc1ccc(C(=O)N(C)C)cc1C1=N[C@@H](c2ccc(Cl)cc2)[C@@H](c2ccc(Cl)cc2)N1C(=O)N1CCN(CCS(C)(=O)=O)CC1.Cl. The summed E-state index contributed by atoms with van der Waals surface area (Å²) >= 11 is 12.6. The van der Waals surface area contributed by atoms with E-state index in [1.165, 1.54) is 11.2 Å². The van der Waals surface area contributed by atoms with Gasteiger partial charge in [0.15, 0.2) is 0 Å². The number of piperazine rings is 1. The number of nitrogens with zero attached hydrogens (tertiary/aromatic N) is 5. The molecule has 5 rings (SSSR count). The van der Waals surface area contributed by atoms with E-state index >= 15 is 0 Å². The van der Waals surface area contributed by atoms with Crippen LogP contribution in [-0.2, 0) is 9.84 Å². The van der Waals surface area contributed by atoms with E-state index in [0.29, 0.717) is 72.1 Å². The summed E-state index contributed by atoms with van der Waals surface area (Å²) < 4.78 is 29.6. The van der Waals surface area contributed by atoms with Crippen molar-refractivity contribution in [3.05, 3.63) is 99.0 Å². The zero-order valence-corrected chi connectivity index (χ0v) is 30.4. The van der Waals surface area contributed by atoms with Gasteiger partial charge < -0.3 is 14.5 Å². The predicted molar refractivity (Wildman–Crippen MR) is 193 cm³/mol. The molecule has 0 aliphatic carbocycles. The van der Waals surface area contributed by atoms with Crippen molar-refractivity contribution in [3.8, 4) is 5.75 Å². The van der Waals surface area contributed by atoms with E-state index in [1.807, 2.05) is 31.2 Å². The van der Waals surface area contributed by atoms with Crippen LogP contribution in [0.25, 0.3) is 0 Å². The Bertz CT molecular complexity index is 1750. The number of benzene rings is 3. The Morgan fingerprint density at radius 3 is 2.04 bits per heavy atom. The number of carbonyl (C=O) groups is 2. The molecular weight excluding hydrogens is 697 g/mol. The second-order valence-corrected chi connectivity index (χ2v) is 15.0. The van der Waals surface area contributed by atoms with E-state index in [2.05, 4.69) is 4.90 Å². The van der Waals surface area contributed by atoms with Gasteiger partial charge in [-0.05, 0) is 60.5 Å². The molecule has 0 aromatic heterocycles. The van der Waals surface area contributed by atoms with Crippen molar-refractivity contribution >= 4 is 63.2 Å². The number of amidine groups is 1. The molecular formula is C34H40Cl3N5O5S. The van der Waals surface area contributed by atoms with Crippen molar-refractivity contribution in [2.75, 3.05) is 65.4 Å². The molecule has 0 N–H and O–H groups in total. The molecule has 0 radical (unpaired) electrons. The van der Waals surface area contributed by atoms with Gasteiger partial charge in [-0.15, -0.1) is 12.4 Å². The average molecular weight is 737 g/mol. The van der Waals surface area contributed by atoms with E-state index in [0.717, 1.165) is 11.1 Å². The van der Waals surface area contributed by atoms with Crippen LogP contribution in [0.15, 0.2) is 71.7 Å². The fraction of sp³-hybridized carbons (Fsp3) is 0.382. The number of carbonyl (C=O) groups excluding carboxylic acids is 2. The first-order chi connectivity index (χ1) is 22.4. The lowest BCUT2D eigenvalue weighted by atomic mass is 9.93. The number of amides is 3. The highest BCUT2D eigenvalue weighted by atomic mass is 35.5. The van der Waals surface area contributed by atoms with E-state index in [9.17, 15) is 18.0 Å². The molecule has 3 aromatic carbocycles. The van der Waals surface area contributed by atoms with Gasteiger partial charge in [0.25, 0.3) is 5.91 Å². The molecule has 2 aliphatic heterocycles. The Morgan fingerprint density at radius 1 is 0.917 bits per heavy atom. The molecule has 2 atom stereocenters. The molecule has 3 amide bonds. The summed E-state index contributed by atoms with van der Waals surface area (Å²) in [7, 11) is 0.262. The molecule has 14 heteroatoms. The number of urea groups is 1. The molecule has 0 unspecified atom stereocenters. The highest BCUT2D eigenvalue weighted by Gasteiger charge is 2.45. The highest BCUT2D eigenvalue weighted by molar-refractivity contribution is 7.90. The van der Waals surface area contributed by atoms with Crippen LogP contribution in [0.4, 0.5) is 4.79 Å². The van der Waals surface area contributed by atoms with E-state index < -0.39 is 21.9 Å². The molecule has 0 bridgehead atoms. The van der Waals surface area contributed by atoms with Gasteiger partial charge in [-0.3, -0.25) is 19.6 Å². The molecule has 258 valence electrons. The number of ether oxygens (including phenoxy) is 1. The monoisotopic (exact) mass is 735 g/mol. The van der Waals surface area contributed by atoms with Crippen LogP contribution in [0.5, 0.6) is 5.75 Å². The summed E-state index contributed by atoms with van der Waals surface area (Å²) in [5.41, 5.74) is 2.63. The van der Waals surface area contributed by atoms with Crippen molar-refractivity contribution in [3.63, 3.8) is 0 Å². The quantitative estimate of drug-likeness (QED) is 0.274. The van der Waals surface area contributed by atoms with Gasteiger partial charge >= 0.3 is 6.03 Å². The number of hydrogen-bond donors (Lipinski definition) is 0. The Labute approximate surface area is 298 Å². The zero-order valence-electron chi connectivity index (χ0n) is 27.3. The Kier molecular flexibility index (Phi) is 12.4. The standard InChI is InChI=1S/C34H39Cl2N5O5S.ClH/c1-5-46-29-15-10-25(33(42)38(2)3)22-28(29)32-37-30(23-6-11-26(35)12-7-23)31(24-8-13-27(36)14-9-24)41(32)34(43)40-18-16-39(17-19-40)20-21-47(4,44)45;/h6-15,22,30-31H,5,16-21H2,1-4H3;1H/t30-,31+;/m0./s1. The summed E-state index contributed by atoms with van der Waals surface area (Å²) in [4.78, 5) is 40.2. The molecule has 2 heterocycles. The molecule has 3 aromatic rings. The summed E-state index contributed by atoms with van der Waals surface area (Å²) in [5, 5.41) is 1.14. The third kappa shape index (κ3) is 8.62. The van der Waals surface area contributed by atoms with Gasteiger partial charge in [0, 0.05) is 68.7 Å². The highest BCUT2D eigenvalue weighted by Crippen LogP contribution is 2.45. The summed E-state index contributed by atoms with van der Waals surface area (Å²) in [5.74, 6) is 0.746. The topological polar surface area (TPSA) is 103 Å². The fourth-order valence-electron chi connectivity index (χ4n) is 5.84. The smallest absolute Gasteiger partial charge is 0.326 e. The molecule has 10 nitrogen and oxygen atoms in total. The van der Waals surface area contributed by atoms with Gasteiger partial charge in [0.1, 0.15) is 27.5 Å². The minimum atomic E-state index is -3.11. The third-order valence-corrected chi connectivity index (χ3v) is 9.72. The average Bonchev–Trinajstić information content (AvgIpc) is 3.44. The summed E-state index contributed by atoms with van der Waals surface area (Å²) in [6, 6.07) is 18.6. The van der Waals surface area contributed by atoms with Gasteiger partial charge in [-0.1, -0.05) is 47.5 Å². The molecule has 1 fully saturated rings. The molecule has 1 saturated heterocycles. The first-order valence-electron chi connectivity index (χ1n) is 15.4. The lowest BCUT2D eigenvalue weighted by Gasteiger charge is -2.39. The lowest BCUT2D eigenvalue weighted by Crippen LogP contribution is -2.54. The second-order valence-electron chi connectivity index (χ2n) is 11.9. The van der Waals surface area contributed by atoms with Crippen molar-refractivity contribution in [1.82, 2.24) is 19.6 Å². The fourth-order valence-corrected chi connectivity index (χ4v) is 6.68. The summed E-state index contributed by atoms with van der Waals surface area (Å²) in [6.45, 7) is 4.53. The maximum Gasteiger partial charge on any atom is 0.326 e. The van der Waals surface area contributed by atoms with Crippen LogP contribution in [0, 0.1) is 0 Å². The van der Waals surface area contributed by atoms with E-state index in [4.69, 9.17) is 32.9 Å². The van der Waals surface area contributed by atoms with Crippen LogP contribution in [0.2, 0.25) is 10.0 Å². The number of halogens is 3. The van der Waals surface area contributed by atoms with Crippen molar-refractivity contribution in [2.24, 2.45) is 4.99 Å². The second kappa shape index (κ2) is 15.9. The lowest BCUT2D eigenvalue weighted by molar-refractivity contribution is 0.0827. The molecule has 0 spiro atoms. The largest absolute Gasteiger partial charge is 0.493 e. The number of hydrogen-bond acceptors (Lipinski definition) is 7. The first kappa shape index (κ1) is 37.5. The predicted octanol–water partition coefficient (Wildman–Crippen LogP) is 5.84. The molecule has 48 heavy (non-hydrogen) atoms. The normalized spacial score (nSPS) is 18.2. The third-order valence-electron chi connectivity index (χ3n) is 8.29. The molecule has 0 saturated carbocycles. The van der Waals surface area contributed by atoms with Gasteiger partial charge in [-0.2, -0.15) is 0 Å². The van der Waals surface area contributed by atoms with Gasteiger partial charge in [0.2, 0.25) is 0 Å². The maximum atomic E-state index is 14.8. The van der Waals surface area contributed by atoms with E-state index in [-0.39, 0.29) is 30.1 Å². The van der Waals surface area contributed by atoms with Crippen LogP contribution in [0.3, 0.4) is 0 Å². The van der Waals surface area contributed by atoms with Crippen LogP contribution in [-0.4, -0.2) is 111 Å². The zero-order chi connectivity index (χ0) is 33.9. The number of sulfone groups is 1. The summed E-state index contributed by atoms with van der Waals surface area (Å²) in [6.07, 6.45) is 1.23. The Morgan fingerprint density at radius 2 is 1.50 bits per heavy atom. The van der Waals surface area contributed by atoms with Crippen LogP contribution < -0.4 is 4.74 Å². The van der Waals surface area contributed by atoms with Crippen molar-refractivity contribution < 1.29 is 22.7 Å². The number of rotatable bonds is 9.